The van der Waals surface area contributed by atoms with Gasteiger partial charge in [0.25, 0.3) is 0 Å². The molecule has 1 aliphatic rings. The number of hydrogen-bond donors (Lipinski definition) is 3. The summed E-state index contributed by atoms with van der Waals surface area (Å²) in [6.07, 6.45) is 6.14. The smallest absolute Gasteiger partial charge is 0.181 e. The minimum Gasteiger partial charge on any atom is -0.373 e. The van der Waals surface area contributed by atoms with E-state index in [0.717, 1.165) is 40.1 Å². The number of hydrogen-bond acceptors (Lipinski definition) is 5. The lowest BCUT2D eigenvalue weighted by Gasteiger charge is -2.26. The number of benzene rings is 1. The highest BCUT2D eigenvalue weighted by molar-refractivity contribution is 7.98. The van der Waals surface area contributed by atoms with E-state index in [0.29, 0.717) is 0 Å². The van der Waals surface area contributed by atoms with Crippen LogP contribution in [-0.2, 0) is 0 Å². The van der Waals surface area contributed by atoms with Crippen LogP contribution in [0, 0.1) is 6.92 Å². The van der Waals surface area contributed by atoms with Crippen molar-refractivity contribution in [3.8, 4) is 0 Å². The van der Waals surface area contributed by atoms with Gasteiger partial charge < -0.3 is 15.6 Å². The van der Waals surface area contributed by atoms with E-state index in [4.69, 9.17) is 0 Å². The van der Waals surface area contributed by atoms with Crippen LogP contribution in [-0.4, -0.2) is 28.3 Å². The Labute approximate surface area is 152 Å². The Morgan fingerprint density at radius 3 is 2.68 bits per heavy atom. The molecule has 0 bridgehead atoms. The third kappa shape index (κ3) is 3.06. The summed E-state index contributed by atoms with van der Waals surface area (Å²) in [5, 5.41) is 6.70. The molecule has 2 heterocycles. The second kappa shape index (κ2) is 6.59. The van der Waals surface area contributed by atoms with Crippen molar-refractivity contribution in [3.05, 3.63) is 35.7 Å². The molecule has 130 valence electrons. The fraction of sp³-hybridized carbons (Fsp3) is 0.368. The summed E-state index contributed by atoms with van der Waals surface area (Å²) in [5.41, 5.74) is 5.24. The average Bonchev–Trinajstić information content (AvgIpc) is 2.94. The van der Waals surface area contributed by atoms with Crippen LogP contribution in [0.4, 0.5) is 17.2 Å². The maximum Gasteiger partial charge on any atom is 0.181 e. The minimum absolute atomic E-state index is 0.726. The van der Waals surface area contributed by atoms with Crippen molar-refractivity contribution in [1.29, 1.82) is 0 Å². The van der Waals surface area contributed by atoms with Crippen molar-refractivity contribution < 1.29 is 0 Å². The van der Waals surface area contributed by atoms with E-state index in [1.165, 1.54) is 29.7 Å². The van der Waals surface area contributed by atoms with Gasteiger partial charge in [-0.2, -0.15) is 0 Å². The molecule has 1 fully saturated rings. The van der Waals surface area contributed by atoms with Crippen molar-refractivity contribution >= 4 is 40.1 Å². The number of anilines is 3. The van der Waals surface area contributed by atoms with Gasteiger partial charge in [0.05, 0.1) is 11.4 Å². The largest absolute Gasteiger partial charge is 0.373 e. The highest BCUT2D eigenvalue weighted by atomic mass is 32.2. The monoisotopic (exact) mass is 353 g/mol. The zero-order valence-electron chi connectivity index (χ0n) is 14.8. The van der Waals surface area contributed by atoms with Crippen molar-refractivity contribution in [3.63, 3.8) is 0 Å². The number of aryl methyl sites for hydroxylation is 1. The number of pyridine rings is 1. The number of imidazole rings is 1. The summed E-state index contributed by atoms with van der Waals surface area (Å²) in [7, 11) is 1.87. The molecule has 0 atom stereocenters. The molecule has 4 rings (SSSR count). The first-order valence-electron chi connectivity index (χ1n) is 8.68. The summed E-state index contributed by atoms with van der Waals surface area (Å²) in [6, 6.07) is 8.83. The van der Waals surface area contributed by atoms with Crippen LogP contribution < -0.4 is 10.6 Å². The summed E-state index contributed by atoms with van der Waals surface area (Å²) in [4.78, 5) is 13.6. The molecule has 6 heteroatoms. The highest BCUT2D eigenvalue weighted by Gasteiger charge is 2.20. The Kier molecular flexibility index (Phi) is 4.29. The fourth-order valence-corrected chi connectivity index (χ4v) is 3.87. The Morgan fingerprint density at radius 2 is 2.00 bits per heavy atom. The third-order valence-corrected chi connectivity index (χ3v) is 5.69. The lowest BCUT2D eigenvalue weighted by Crippen LogP contribution is -2.09. The molecule has 0 saturated heterocycles. The molecule has 0 radical (unpaired) electrons. The van der Waals surface area contributed by atoms with Gasteiger partial charge in [-0.3, -0.25) is 0 Å². The number of aromatic nitrogens is 3. The predicted molar refractivity (Wildman–Crippen MR) is 106 cm³/mol. The summed E-state index contributed by atoms with van der Waals surface area (Å²) < 4.78 is 0. The van der Waals surface area contributed by atoms with Gasteiger partial charge in [-0.15, -0.1) is 11.8 Å². The molecular weight excluding hydrogens is 330 g/mol. The summed E-state index contributed by atoms with van der Waals surface area (Å²) in [6.45, 7) is 1.95. The van der Waals surface area contributed by atoms with Crippen LogP contribution in [0.5, 0.6) is 0 Å². The normalized spacial score (nSPS) is 14.5. The van der Waals surface area contributed by atoms with E-state index in [-0.39, 0.29) is 0 Å². The van der Waals surface area contributed by atoms with Crippen LogP contribution in [0.3, 0.4) is 0 Å². The summed E-state index contributed by atoms with van der Waals surface area (Å²) >= 11 is 1.78. The van der Waals surface area contributed by atoms with Gasteiger partial charge in [0, 0.05) is 18.0 Å². The molecule has 0 aliphatic heterocycles. The van der Waals surface area contributed by atoms with Gasteiger partial charge in [-0.25, -0.2) is 9.97 Å². The van der Waals surface area contributed by atoms with Gasteiger partial charge in [0.1, 0.15) is 17.2 Å². The van der Waals surface area contributed by atoms with Crippen LogP contribution in [0.2, 0.25) is 0 Å². The lowest BCUT2D eigenvalue weighted by atomic mass is 9.80. The number of H-pyrrole nitrogens is 1. The molecule has 0 unspecified atom stereocenters. The molecule has 1 aliphatic carbocycles. The number of fused-ring (bicyclic) bond motifs is 1. The third-order valence-electron chi connectivity index (χ3n) is 4.91. The number of thioether (sulfide) groups is 1. The first-order chi connectivity index (χ1) is 12.2. The number of nitrogens with zero attached hydrogens (tertiary/aromatic N) is 2. The van der Waals surface area contributed by atoms with Crippen LogP contribution >= 0.6 is 11.8 Å². The number of nitrogens with one attached hydrogen (secondary N) is 3. The van der Waals surface area contributed by atoms with E-state index in [1.54, 1.807) is 11.8 Å². The minimum atomic E-state index is 0.726. The molecule has 0 amide bonds. The molecule has 5 nitrogen and oxygen atoms in total. The molecule has 1 saturated carbocycles. The first-order valence-corrected chi connectivity index (χ1v) is 9.90. The van der Waals surface area contributed by atoms with Crippen LogP contribution in [0.25, 0.3) is 11.2 Å². The summed E-state index contributed by atoms with van der Waals surface area (Å²) in [5.74, 6) is 2.42. The molecular formula is C19H23N5S. The topological polar surface area (TPSA) is 65.6 Å². The standard InChI is InChI=1S/C19H23N5S/c1-11-21-18-15(10-17(20-2)24-19(18)22-11)23-14-8-7-13(9-16(14)25-3)12-5-4-6-12/h7-10,12H,4-6H2,1-3H3,(H3,20,21,22,23,24). The highest BCUT2D eigenvalue weighted by Crippen LogP contribution is 2.40. The molecule has 3 N–H and O–H groups in total. The zero-order valence-corrected chi connectivity index (χ0v) is 15.6. The molecule has 0 spiro atoms. The van der Waals surface area contributed by atoms with Gasteiger partial charge in [-0.05, 0) is 49.6 Å². The Hall–Kier alpha value is -2.21. The van der Waals surface area contributed by atoms with E-state index in [2.05, 4.69) is 50.0 Å². The maximum atomic E-state index is 4.52. The second-order valence-corrected chi connectivity index (χ2v) is 7.39. The van der Waals surface area contributed by atoms with E-state index < -0.39 is 0 Å². The second-order valence-electron chi connectivity index (χ2n) is 6.54. The zero-order chi connectivity index (χ0) is 17.4. The molecule has 3 aromatic rings. The predicted octanol–water partition coefficient (Wildman–Crippen LogP) is 5.04. The van der Waals surface area contributed by atoms with Crippen LogP contribution in [0.1, 0.15) is 36.6 Å². The fourth-order valence-electron chi connectivity index (χ4n) is 3.28. The number of aromatic amines is 1. The van der Waals surface area contributed by atoms with E-state index in [9.17, 15) is 0 Å². The average molecular weight is 353 g/mol. The first kappa shape index (κ1) is 16.3. The molecule has 1 aromatic carbocycles. The van der Waals surface area contributed by atoms with Crippen molar-refractivity contribution in [2.45, 2.75) is 37.0 Å². The SMILES string of the molecule is CNc1cc(Nc2ccc(C3CCC3)cc2SC)c2[nH]c(C)nc2n1. The van der Waals surface area contributed by atoms with Crippen molar-refractivity contribution in [2.75, 3.05) is 23.9 Å². The lowest BCUT2D eigenvalue weighted by molar-refractivity contribution is 0.419. The maximum absolute atomic E-state index is 4.52. The van der Waals surface area contributed by atoms with Crippen LogP contribution in [0.15, 0.2) is 29.2 Å². The van der Waals surface area contributed by atoms with Gasteiger partial charge in [-0.1, -0.05) is 12.5 Å². The van der Waals surface area contributed by atoms with Crippen molar-refractivity contribution in [2.24, 2.45) is 0 Å². The van der Waals surface area contributed by atoms with Gasteiger partial charge in [0.2, 0.25) is 0 Å². The van der Waals surface area contributed by atoms with Gasteiger partial charge >= 0.3 is 0 Å². The molecule has 2 aromatic heterocycles. The quantitative estimate of drug-likeness (QED) is 0.561. The van der Waals surface area contributed by atoms with E-state index in [1.807, 2.05) is 20.0 Å². The van der Waals surface area contributed by atoms with E-state index >= 15 is 0 Å². The number of rotatable bonds is 5. The Bertz CT molecular complexity index is 914. The Balaban J connectivity index is 1.73. The van der Waals surface area contributed by atoms with Gasteiger partial charge in [0.15, 0.2) is 5.65 Å². The van der Waals surface area contributed by atoms with Crippen molar-refractivity contribution in [1.82, 2.24) is 15.0 Å². The molecule has 25 heavy (non-hydrogen) atoms. The Morgan fingerprint density at radius 1 is 1.16 bits per heavy atom.